The van der Waals surface area contributed by atoms with Crippen molar-refractivity contribution in [1.82, 2.24) is 0 Å². The van der Waals surface area contributed by atoms with Gasteiger partial charge in [0.05, 0.1) is 0 Å². The van der Waals surface area contributed by atoms with Gasteiger partial charge in [0.1, 0.15) is 0 Å². The van der Waals surface area contributed by atoms with E-state index in [9.17, 15) is 4.79 Å². The second-order valence-corrected chi connectivity index (χ2v) is 8.42. The van der Waals surface area contributed by atoms with E-state index in [1.165, 1.54) is 38.5 Å². The summed E-state index contributed by atoms with van der Waals surface area (Å²) in [6, 6.07) is 0. The maximum Gasteiger partial charge on any atom is 0.303 e. The molecule has 4 aliphatic carbocycles. The lowest BCUT2D eigenvalue weighted by atomic mass is 9.41. The predicted octanol–water partition coefficient (Wildman–Crippen LogP) is 4.34. The molecule has 0 amide bonds. The van der Waals surface area contributed by atoms with Gasteiger partial charge in [-0.1, -0.05) is 20.8 Å². The summed E-state index contributed by atoms with van der Waals surface area (Å²) in [6.07, 6.45) is 8.82. The lowest BCUT2D eigenvalue weighted by molar-refractivity contribution is -0.151. The Bertz CT molecular complexity index is 347. The Labute approximate surface area is 117 Å². The highest BCUT2D eigenvalue weighted by Gasteiger charge is 2.58. The molecule has 0 saturated heterocycles. The number of carboxylic acid groups (broad SMARTS) is 1. The summed E-state index contributed by atoms with van der Waals surface area (Å²) < 4.78 is 0. The zero-order chi connectivity index (χ0) is 13.8. The first-order chi connectivity index (χ1) is 8.82. The van der Waals surface area contributed by atoms with Crippen molar-refractivity contribution in [3.63, 3.8) is 0 Å². The second-order valence-electron chi connectivity index (χ2n) is 8.42. The van der Waals surface area contributed by atoms with Gasteiger partial charge in [0, 0.05) is 6.42 Å². The molecule has 0 aromatic carbocycles. The number of carboxylic acids is 1. The molecule has 4 fully saturated rings. The first kappa shape index (κ1) is 13.5. The molecule has 0 aromatic heterocycles. The summed E-state index contributed by atoms with van der Waals surface area (Å²) in [4.78, 5) is 11.1. The van der Waals surface area contributed by atoms with Gasteiger partial charge in [0.2, 0.25) is 0 Å². The van der Waals surface area contributed by atoms with E-state index < -0.39 is 5.97 Å². The molecule has 1 unspecified atom stereocenters. The van der Waals surface area contributed by atoms with Crippen LogP contribution in [0, 0.1) is 34.5 Å². The van der Waals surface area contributed by atoms with Crippen LogP contribution in [0.3, 0.4) is 0 Å². The van der Waals surface area contributed by atoms with Crippen LogP contribution in [0.4, 0.5) is 0 Å². The van der Waals surface area contributed by atoms with E-state index in [0.29, 0.717) is 11.8 Å². The van der Waals surface area contributed by atoms with E-state index in [4.69, 9.17) is 5.11 Å². The Hall–Kier alpha value is -0.530. The largest absolute Gasteiger partial charge is 0.481 e. The van der Waals surface area contributed by atoms with Crippen LogP contribution in [-0.4, -0.2) is 11.1 Å². The Morgan fingerprint density at radius 2 is 1.58 bits per heavy atom. The SMILES string of the molecule is CC(CC(=O)O)C(C)(C)C12CC3CC(CC(C3)C1)C2. The van der Waals surface area contributed by atoms with Gasteiger partial charge in [-0.3, -0.25) is 4.79 Å². The van der Waals surface area contributed by atoms with Gasteiger partial charge in [-0.15, -0.1) is 0 Å². The predicted molar refractivity (Wildman–Crippen MR) is 75.8 cm³/mol. The molecule has 0 aliphatic heterocycles. The first-order valence-corrected chi connectivity index (χ1v) is 8.04. The average molecular weight is 264 g/mol. The maximum atomic E-state index is 11.1. The van der Waals surface area contributed by atoms with Crippen molar-refractivity contribution in [2.75, 3.05) is 0 Å². The number of aliphatic carboxylic acids is 1. The van der Waals surface area contributed by atoms with Gasteiger partial charge < -0.3 is 5.11 Å². The van der Waals surface area contributed by atoms with E-state index >= 15 is 0 Å². The van der Waals surface area contributed by atoms with E-state index in [-0.39, 0.29) is 11.3 Å². The fourth-order valence-electron chi connectivity index (χ4n) is 5.94. The summed E-state index contributed by atoms with van der Waals surface area (Å²) >= 11 is 0. The number of carbonyl (C=O) groups is 1. The molecule has 4 saturated carbocycles. The monoisotopic (exact) mass is 264 g/mol. The lowest BCUT2D eigenvalue weighted by Gasteiger charge is -2.64. The van der Waals surface area contributed by atoms with Crippen molar-refractivity contribution < 1.29 is 9.90 Å². The van der Waals surface area contributed by atoms with E-state index in [0.717, 1.165) is 17.8 Å². The molecule has 4 aliphatic rings. The first-order valence-electron chi connectivity index (χ1n) is 8.04. The summed E-state index contributed by atoms with van der Waals surface area (Å²) in [6.45, 7) is 6.87. The molecule has 0 radical (unpaired) electrons. The normalized spacial score (nSPS) is 42.4. The molecule has 108 valence electrons. The van der Waals surface area contributed by atoms with Gasteiger partial charge >= 0.3 is 5.97 Å². The van der Waals surface area contributed by atoms with Crippen LogP contribution in [0.25, 0.3) is 0 Å². The summed E-state index contributed by atoms with van der Waals surface area (Å²) in [5.74, 6) is 2.49. The molecule has 2 nitrogen and oxygen atoms in total. The summed E-state index contributed by atoms with van der Waals surface area (Å²) in [5.41, 5.74) is 0.609. The van der Waals surface area contributed by atoms with Crippen LogP contribution in [0.15, 0.2) is 0 Å². The maximum absolute atomic E-state index is 11.1. The fraction of sp³-hybridized carbons (Fsp3) is 0.941. The van der Waals surface area contributed by atoms with Crippen molar-refractivity contribution in [2.24, 2.45) is 34.5 Å². The number of hydrogen-bond donors (Lipinski definition) is 1. The third kappa shape index (κ3) is 2.02. The Kier molecular flexibility index (Phi) is 3.00. The third-order valence-electron chi connectivity index (χ3n) is 7.12. The Morgan fingerprint density at radius 3 is 1.95 bits per heavy atom. The molecular formula is C17H28O2. The average Bonchev–Trinajstić information content (AvgIpc) is 2.25. The minimum Gasteiger partial charge on any atom is -0.481 e. The van der Waals surface area contributed by atoms with E-state index in [1.807, 2.05) is 0 Å². The Morgan fingerprint density at radius 1 is 1.16 bits per heavy atom. The molecule has 2 heteroatoms. The highest BCUT2D eigenvalue weighted by Crippen LogP contribution is 2.67. The quantitative estimate of drug-likeness (QED) is 0.820. The van der Waals surface area contributed by atoms with Gasteiger partial charge in [0.15, 0.2) is 0 Å². The molecule has 0 heterocycles. The standard InChI is InChI=1S/C17H28O2/c1-11(4-15(18)19)16(2,3)17-8-12-5-13(9-17)7-14(6-12)10-17/h11-14H,4-10H2,1-3H3,(H,18,19). The van der Waals surface area contributed by atoms with Crippen LogP contribution in [-0.2, 0) is 4.79 Å². The number of rotatable bonds is 4. The van der Waals surface area contributed by atoms with Crippen LogP contribution in [0.1, 0.15) is 65.7 Å². The van der Waals surface area contributed by atoms with Crippen LogP contribution >= 0.6 is 0 Å². The highest BCUT2D eigenvalue weighted by atomic mass is 16.4. The van der Waals surface area contributed by atoms with Gasteiger partial charge in [-0.05, 0) is 73.0 Å². The van der Waals surface area contributed by atoms with Crippen molar-refractivity contribution in [3.05, 3.63) is 0 Å². The fourth-order valence-corrected chi connectivity index (χ4v) is 5.94. The van der Waals surface area contributed by atoms with Crippen molar-refractivity contribution in [1.29, 1.82) is 0 Å². The van der Waals surface area contributed by atoms with Gasteiger partial charge in [-0.25, -0.2) is 0 Å². The Balaban J connectivity index is 1.85. The molecule has 4 bridgehead atoms. The van der Waals surface area contributed by atoms with Crippen LogP contribution in [0.5, 0.6) is 0 Å². The lowest BCUT2D eigenvalue weighted by Crippen LogP contribution is -2.54. The molecule has 19 heavy (non-hydrogen) atoms. The van der Waals surface area contributed by atoms with Gasteiger partial charge in [0.25, 0.3) is 0 Å². The zero-order valence-electron chi connectivity index (χ0n) is 12.6. The minimum absolute atomic E-state index is 0.168. The van der Waals surface area contributed by atoms with Crippen molar-refractivity contribution in [3.8, 4) is 0 Å². The summed E-state index contributed by atoms with van der Waals surface area (Å²) in [7, 11) is 0. The van der Waals surface area contributed by atoms with Crippen LogP contribution < -0.4 is 0 Å². The molecule has 1 atom stereocenters. The van der Waals surface area contributed by atoms with Gasteiger partial charge in [-0.2, -0.15) is 0 Å². The molecule has 4 rings (SSSR count). The number of hydrogen-bond acceptors (Lipinski definition) is 1. The molecular weight excluding hydrogens is 236 g/mol. The summed E-state index contributed by atoms with van der Waals surface area (Å²) in [5, 5.41) is 9.13. The minimum atomic E-state index is -0.634. The molecule has 0 spiro atoms. The highest BCUT2D eigenvalue weighted by molar-refractivity contribution is 5.67. The zero-order valence-corrected chi connectivity index (χ0v) is 12.6. The van der Waals surface area contributed by atoms with E-state index in [2.05, 4.69) is 20.8 Å². The smallest absolute Gasteiger partial charge is 0.303 e. The van der Waals surface area contributed by atoms with E-state index in [1.54, 1.807) is 0 Å². The topological polar surface area (TPSA) is 37.3 Å². The van der Waals surface area contributed by atoms with Crippen LogP contribution in [0.2, 0.25) is 0 Å². The third-order valence-corrected chi connectivity index (χ3v) is 7.12. The van der Waals surface area contributed by atoms with Crippen molar-refractivity contribution >= 4 is 5.97 Å². The molecule has 1 N–H and O–H groups in total. The molecule has 0 aromatic rings. The van der Waals surface area contributed by atoms with Crippen molar-refractivity contribution in [2.45, 2.75) is 65.7 Å². The second kappa shape index (κ2) is 4.23.